The molecule has 0 aliphatic heterocycles. The molecule has 2 aromatic rings. The van der Waals surface area contributed by atoms with Crippen molar-refractivity contribution in [1.29, 1.82) is 0 Å². The van der Waals surface area contributed by atoms with Crippen LogP contribution in [0.5, 0.6) is 0 Å². The third-order valence-corrected chi connectivity index (χ3v) is 3.68. The number of nitrogens with zero attached hydrogens (tertiary/aromatic N) is 2. The van der Waals surface area contributed by atoms with Crippen LogP contribution in [0.2, 0.25) is 0 Å². The Kier molecular flexibility index (Phi) is 3.56. The molecule has 2 rings (SSSR count). The summed E-state index contributed by atoms with van der Waals surface area (Å²) in [4.78, 5) is 29.8. The van der Waals surface area contributed by atoms with Crippen molar-refractivity contribution in [3.63, 3.8) is 0 Å². The molecule has 0 aliphatic carbocycles. The lowest BCUT2D eigenvalue weighted by atomic mass is 10.3. The lowest BCUT2D eigenvalue weighted by Gasteiger charge is -2.09. The van der Waals surface area contributed by atoms with Crippen LogP contribution in [0.15, 0.2) is 15.8 Å². The van der Waals surface area contributed by atoms with Gasteiger partial charge in [0.15, 0.2) is 0 Å². The molecule has 2 aromatic heterocycles. The Labute approximate surface area is 106 Å². The lowest BCUT2D eigenvalue weighted by Crippen LogP contribution is -2.27. The third kappa shape index (κ3) is 2.65. The van der Waals surface area contributed by atoms with Gasteiger partial charge in [-0.05, 0) is 13.3 Å². The van der Waals surface area contributed by atoms with E-state index in [1.54, 1.807) is 11.3 Å². The second-order valence-corrected chi connectivity index (χ2v) is 4.89. The van der Waals surface area contributed by atoms with Crippen molar-refractivity contribution < 1.29 is 0 Å². The Bertz CT molecular complexity index is 644. The maximum atomic E-state index is 11.5. The number of nitrogens with one attached hydrogen (secondary N) is 3. The highest BCUT2D eigenvalue weighted by Gasteiger charge is 2.12. The highest BCUT2D eigenvalue weighted by molar-refractivity contribution is 7.11. The van der Waals surface area contributed by atoms with E-state index in [1.807, 2.05) is 13.1 Å². The number of aromatic amines is 2. The van der Waals surface area contributed by atoms with Gasteiger partial charge in [-0.3, -0.25) is 9.78 Å². The van der Waals surface area contributed by atoms with E-state index < -0.39 is 11.2 Å². The number of aryl methyl sites for hydroxylation is 1. The van der Waals surface area contributed by atoms with Gasteiger partial charge in [-0.1, -0.05) is 6.92 Å². The van der Waals surface area contributed by atoms with Gasteiger partial charge in [-0.15, -0.1) is 16.4 Å². The van der Waals surface area contributed by atoms with Gasteiger partial charge in [0.25, 0.3) is 5.56 Å². The molecule has 1 atom stereocenters. The summed E-state index contributed by atoms with van der Waals surface area (Å²) in [6.45, 7) is 3.94. The topological polar surface area (TPSA) is 104 Å². The van der Waals surface area contributed by atoms with Crippen LogP contribution in [0, 0.1) is 0 Å². The van der Waals surface area contributed by atoms with Crippen molar-refractivity contribution in [2.24, 2.45) is 0 Å². The zero-order valence-electron chi connectivity index (χ0n) is 9.98. The fourth-order valence-electron chi connectivity index (χ4n) is 1.40. The van der Waals surface area contributed by atoms with Crippen molar-refractivity contribution in [3.8, 4) is 0 Å². The average Bonchev–Trinajstić information content (AvgIpc) is 2.81. The Morgan fingerprint density at radius 3 is 2.89 bits per heavy atom. The highest BCUT2D eigenvalue weighted by Crippen LogP contribution is 2.21. The zero-order valence-corrected chi connectivity index (χ0v) is 10.8. The first-order chi connectivity index (χ1) is 8.60. The van der Waals surface area contributed by atoms with E-state index in [9.17, 15) is 9.59 Å². The predicted molar refractivity (Wildman–Crippen MR) is 69.0 cm³/mol. The van der Waals surface area contributed by atoms with Crippen molar-refractivity contribution in [2.75, 3.05) is 5.32 Å². The molecule has 0 fully saturated rings. The number of hydrogen-bond acceptors (Lipinski definition) is 6. The summed E-state index contributed by atoms with van der Waals surface area (Å²) in [6.07, 6.45) is 2.75. The standard InChI is InChI=1S/C10H13N5O2S/c1-3-6-4-11-9(18-6)5(2)12-7-8(16)13-10(17)15-14-7/h4-5H,3H2,1-2H3,(H,12,14)(H2,13,15,16,17). The minimum Gasteiger partial charge on any atom is -0.355 e. The second-order valence-electron chi connectivity index (χ2n) is 3.74. The first-order valence-electron chi connectivity index (χ1n) is 5.50. The quantitative estimate of drug-likeness (QED) is 0.754. The number of rotatable bonds is 4. The van der Waals surface area contributed by atoms with Gasteiger partial charge >= 0.3 is 5.69 Å². The van der Waals surface area contributed by atoms with Gasteiger partial charge in [0.1, 0.15) is 5.01 Å². The monoisotopic (exact) mass is 267 g/mol. The summed E-state index contributed by atoms with van der Waals surface area (Å²) in [7, 11) is 0. The van der Waals surface area contributed by atoms with Gasteiger partial charge in [0.05, 0.1) is 6.04 Å². The molecule has 0 spiro atoms. The van der Waals surface area contributed by atoms with E-state index in [1.165, 1.54) is 4.88 Å². The van der Waals surface area contributed by atoms with Gasteiger partial charge in [0.2, 0.25) is 5.82 Å². The fourth-order valence-corrected chi connectivity index (χ4v) is 2.26. The Hall–Kier alpha value is -1.96. The first-order valence-corrected chi connectivity index (χ1v) is 6.32. The van der Waals surface area contributed by atoms with Crippen LogP contribution in [-0.4, -0.2) is 20.2 Å². The predicted octanol–water partition coefficient (Wildman–Crippen LogP) is 0.650. The first kappa shape index (κ1) is 12.5. The summed E-state index contributed by atoms with van der Waals surface area (Å²) in [5.41, 5.74) is -1.17. The number of anilines is 1. The third-order valence-electron chi connectivity index (χ3n) is 2.35. The molecule has 0 radical (unpaired) electrons. The Balaban J connectivity index is 2.18. The van der Waals surface area contributed by atoms with Crippen LogP contribution in [0.1, 0.15) is 29.8 Å². The molecule has 0 aromatic carbocycles. The summed E-state index contributed by atoms with van der Waals surface area (Å²) >= 11 is 1.58. The fraction of sp³-hybridized carbons (Fsp3) is 0.400. The van der Waals surface area contributed by atoms with Crippen LogP contribution in [0.3, 0.4) is 0 Å². The molecule has 0 saturated carbocycles. The maximum absolute atomic E-state index is 11.5. The normalized spacial score (nSPS) is 12.3. The second kappa shape index (κ2) is 5.13. The van der Waals surface area contributed by atoms with Crippen LogP contribution < -0.4 is 16.6 Å². The summed E-state index contributed by atoms with van der Waals surface area (Å²) in [6, 6.07) is -0.144. The summed E-state index contributed by atoms with van der Waals surface area (Å²) in [5.74, 6) is 0.0790. The molecule has 18 heavy (non-hydrogen) atoms. The van der Waals surface area contributed by atoms with Crippen LogP contribution in [-0.2, 0) is 6.42 Å². The number of thiazole rings is 1. The smallest absolute Gasteiger partial charge is 0.342 e. The van der Waals surface area contributed by atoms with Crippen molar-refractivity contribution in [3.05, 3.63) is 36.9 Å². The minimum atomic E-state index is -0.624. The number of H-pyrrole nitrogens is 2. The minimum absolute atomic E-state index is 0.0790. The van der Waals surface area contributed by atoms with E-state index in [0.717, 1.165) is 11.4 Å². The van der Waals surface area contributed by atoms with Crippen molar-refractivity contribution in [1.82, 2.24) is 20.2 Å². The summed E-state index contributed by atoms with van der Waals surface area (Å²) in [5, 5.41) is 9.62. The van der Waals surface area contributed by atoms with Crippen LogP contribution in [0.25, 0.3) is 0 Å². The number of aromatic nitrogens is 4. The average molecular weight is 267 g/mol. The van der Waals surface area contributed by atoms with E-state index in [4.69, 9.17) is 0 Å². The van der Waals surface area contributed by atoms with E-state index >= 15 is 0 Å². The van der Waals surface area contributed by atoms with E-state index in [0.29, 0.717) is 0 Å². The van der Waals surface area contributed by atoms with Crippen LogP contribution in [0.4, 0.5) is 5.82 Å². The van der Waals surface area contributed by atoms with E-state index in [-0.39, 0.29) is 11.9 Å². The molecule has 0 bridgehead atoms. The maximum Gasteiger partial charge on any atom is 0.342 e. The molecule has 3 N–H and O–H groups in total. The van der Waals surface area contributed by atoms with Gasteiger partial charge in [-0.2, -0.15) is 0 Å². The molecule has 0 amide bonds. The molecule has 7 nitrogen and oxygen atoms in total. The molecule has 0 aliphatic rings. The van der Waals surface area contributed by atoms with Crippen molar-refractivity contribution >= 4 is 17.2 Å². The highest BCUT2D eigenvalue weighted by atomic mass is 32.1. The molecule has 2 heterocycles. The zero-order chi connectivity index (χ0) is 13.1. The lowest BCUT2D eigenvalue weighted by molar-refractivity contribution is 0.819. The molecule has 0 saturated heterocycles. The van der Waals surface area contributed by atoms with E-state index in [2.05, 4.69) is 32.4 Å². The molecule has 8 heteroatoms. The molecule has 1 unspecified atom stereocenters. The van der Waals surface area contributed by atoms with Crippen LogP contribution >= 0.6 is 11.3 Å². The Morgan fingerprint density at radius 2 is 2.28 bits per heavy atom. The SMILES string of the molecule is CCc1cnc(C(C)Nc2n[nH]c(=O)[nH]c2=O)s1. The van der Waals surface area contributed by atoms with Gasteiger partial charge in [0, 0.05) is 11.1 Å². The van der Waals surface area contributed by atoms with Gasteiger partial charge in [-0.25, -0.2) is 14.9 Å². The number of hydrogen-bond donors (Lipinski definition) is 3. The van der Waals surface area contributed by atoms with Crippen molar-refractivity contribution in [2.45, 2.75) is 26.3 Å². The summed E-state index contributed by atoms with van der Waals surface area (Å²) < 4.78 is 0. The Morgan fingerprint density at radius 1 is 1.50 bits per heavy atom. The van der Waals surface area contributed by atoms with Gasteiger partial charge < -0.3 is 5.32 Å². The molecular formula is C10H13N5O2S. The molecular weight excluding hydrogens is 254 g/mol. The largest absolute Gasteiger partial charge is 0.355 e. The molecule has 96 valence electrons.